The van der Waals surface area contributed by atoms with Crippen LogP contribution in [0.3, 0.4) is 0 Å². The van der Waals surface area contributed by atoms with Crippen molar-refractivity contribution in [2.45, 2.75) is 25.7 Å². The van der Waals surface area contributed by atoms with E-state index in [-0.39, 0.29) is 0 Å². The van der Waals surface area contributed by atoms with Gasteiger partial charge in [0.1, 0.15) is 0 Å². The van der Waals surface area contributed by atoms with Crippen LogP contribution in [0.1, 0.15) is 19.4 Å². The number of benzene rings is 1. The van der Waals surface area contributed by atoms with Gasteiger partial charge in [-0.1, -0.05) is 31.5 Å². The largest absolute Gasteiger partial charge is 0.316 e. The van der Waals surface area contributed by atoms with Gasteiger partial charge in [0.15, 0.2) is 0 Å². The van der Waals surface area contributed by atoms with Crippen LogP contribution in [-0.4, -0.2) is 18.8 Å². The van der Waals surface area contributed by atoms with Gasteiger partial charge in [-0.2, -0.15) is 0 Å². The summed E-state index contributed by atoms with van der Waals surface area (Å²) in [5.74, 6) is 1.89. The molecule has 1 aromatic carbocycles. The van der Waals surface area contributed by atoms with Crippen molar-refractivity contribution in [1.82, 2.24) is 5.32 Å². The Kier molecular flexibility index (Phi) is 5.81. The zero-order chi connectivity index (χ0) is 11.1. The standard InChI is InChI=1S/C13H21NS/c1-11(2)10-14-7-8-15-13-6-4-5-12(3)9-13/h4-6,9,11,14H,7-8,10H2,1-3H3. The number of hydrogen-bond donors (Lipinski definition) is 1. The van der Waals surface area contributed by atoms with E-state index in [0.717, 1.165) is 24.8 Å². The Balaban J connectivity index is 2.15. The van der Waals surface area contributed by atoms with Crippen molar-refractivity contribution in [3.8, 4) is 0 Å². The number of aryl methyl sites for hydroxylation is 1. The first kappa shape index (κ1) is 12.6. The van der Waals surface area contributed by atoms with Crippen LogP contribution >= 0.6 is 11.8 Å². The summed E-state index contributed by atoms with van der Waals surface area (Å²) in [6.07, 6.45) is 0. The second kappa shape index (κ2) is 6.91. The summed E-state index contributed by atoms with van der Waals surface area (Å²) in [5, 5.41) is 3.45. The topological polar surface area (TPSA) is 12.0 Å². The second-order valence-electron chi connectivity index (χ2n) is 4.26. The SMILES string of the molecule is Cc1cccc(SCCNCC(C)C)c1. The fraction of sp³-hybridized carbons (Fsp3) is 0.538. The molecule has 15 heavy (non-hydrogen) atoms. The average molecular weight is 223 g/mol. The van der Waals surface area contributed by atoms with Crippen molar-refractivity contribution < 1.29 is 0 Å². The zero-order valence-corrected chi connectivity index (χ0v) is 10.7. The van der Waals surface area contributed by atoms with Crippen LogP contribution in [0.25, 0.3) is 0 Å². The molecule has 0 aliphatic rings. The Morgan fingerprint density at radius 1 is 1.33 bits per heavy atom. The quantitative estimate of drug-likeness (QED) is 0.586. The van der Waals surface area contributed by atoms with Crippen molar-refractivity contribution in [3.63, 3.8) is 0 Å². The third-order valence-electron chi connectivity index (χ3n) is 2.09. The van der Waals surface area contributed by atoms with Gasteiger partial charge in [0.2, 0.25) is 0 Å². The van der Waals surface area contributed by atoms with Crippen molar-refractivity contribution >= 4 is 11.8 Å². The van der Waals surface area contributed by atoms with Gasteiger partial charge >= 0.3 is 0 Å². The Bertz CT molecular complexity index is 284. The van der Waals surface area contributed by atoms with Gasteiger partial charge in [-0.15, -0.1) is 11.8 Å². The molecule has 0 atom stereocenters. The maximum absolute atomic E-state index is 3.45. The molecular weight excluding hydrogens is 202 g/mol. The lowest BCUT2D eigenvalue weighted by molar-refractivity contribution is 0.568. The summed E-state index contributed by atoms with van der Waals surface area (Å²) in [6.45, 7) is 8.83. The third kappa shape index (κ3) is 5.85. The lowest BCUT2D eigenvalue weighted by atomic mass is 10.2. The van der Waals surface area contributed by atoms with Crippen LogP contribution in [0.4, 0.5) is 0 Å². The van der Waals surface area contributed by atoms with E-state index in [4.69, 9.17) is 0 Å². The lowest BCUT2D eigenvalue weighted by Gasteiger charge is -2.07. The van der Waals surface area contributed by atoms with Crippen molar-refractivity contribution in [1.29, 1.82) is 0 Å². The number of hydrogen-bond acceptors (Lipinski definition) is 2. The monoisotopic (exact) mass is 223 g/mol. The van der Waals surface area contributed by atoms with E-state index in [2.05, 4.69) is 50.4 Å². The fourth-order valence-electron chi connectivity index (χ4n) is 1.34. The molecule has 0 amide bonds. The van der Waals surface area contributed by atoms with Gasteiger partial charge in [0, 0.05) is 17.2 Å². The van der Waals surface area contributed by atoms with E-state index < -0.39 is 0 Å². The van der Waals surface area contributed by atoms with E-state index in [1.165, 1.54) is 10.5 Å². The highest BCUT2D eigenvalue weighted by Crippen LogP contribution is 2.17. The first-order chi connectivity index (χ1) is 7.18. The first-order valence-corrected chi connectivity index (χ1v) is 6.57. The lowest BCUT2D eigenvalue weighted by Crippen LogP contribution is -2.22. The van der Waals surface area contributed by atoms with Gasteiger partial charge in [-0.25, -0.2) is 0 Å². The van der Waals surface area contributed by atoms with Crippen LogP contribution in [0.2, 0.25) is 0 Å². The molecule has 0 bridgehead atoms. The molecule has 0 saturated heterocycles. The van der Waals surface area contributed by atoms with Crippen LogP contribution in [0, 0.1) is 12.8 Å². The molecule has 0 aliphatic heterocycles. The van der Waals surface area contributed by atoms with E-state index in [0.29, 0.717) is 0 Å². The molecular formula is C13H21NS. The zero-order valence-electron chi connectivity index (χ0n) is 9.92. The minimum absolute atomic E-state index is 0.744. The molecule has 2 heteroatoms. The van der Waals surface area contributed by atoms with Crippen molar-refractivity contribution in [2.24, 2.45) is 5.92 Å². The number of nitrogens with one attached hydrogen (secondary N) is 1. The predicted octanol–water partition coefficient (Wildman–Crippen LogP) is 3.33. The number of rotatable bonds is 6. The Labute approximate surface area is 97.7 Å². The highest BCUT2D eigenvalue weighted by Gasteiger charge is 1.95. The summed E-state index contributed by atoms with van der Waals surface area (Å²) in [6, 6.07) is 8.69. The normalized spacial score (nSPS) is 10.9. The maximum Gasteiger partial charge on any atom is 0.0106 e. The summed E-state index contributed by atoms with van der Waals surface area (Å²) in [7, 11) is 0. The van der Waals surface area contributed by atoms with Crippen molar-refractivity contribution in [3.05, 3.63) is 29.8 Å². The fourth-order valence-corrected chi connectivity index (χ4v) is 2.26. The Hall–Kier alpha value is -0.470. The Morgan fingerprint density at radius 2 is 2.13 bits per heavy atom. The van der Waals surface area contributed by atoms with Crippen LogP contribution in [-0.2, 0) is 0 Å². The molecule has 0 fully saturated rings. The maximum atomic E-state index is 3.45. The smallest absolute Gasteiger partial charge is 0.0106 e. The Morgan fingerprint density at radius 3 is 2.80 bits per heavy atom. The van der Waals surface area contributed by atoms with Crippen LogP contribution < -0.4 is 5.32 Å². The summed E-state index contributed by atoms with van der Waals surface area (Å²) in [5.41, 5.74) is 1.34. The van der Waals surface area contributed by atoms with Crippen LogP contribution in [0.15, 0.2) is 29.2 Å². The molecule has 0 spiro atoms. The number of thioether (sulfide) groups is 1. The third-order valence-corrected chi connectivity index (χ3v) is 3.09. The molecule has 1 N–H and O–H groups in total. The molecule has 84 valence electrons. The van der Waals surface area contributed by atoms with Gasteiger partial charge < -0.3 is 5.32 Å². The second-order valence-corrected chi connectivity index (χ2v) is 5.43. The molecule has 0 heterocycles. The molecule has 1 rings (SSSR count). The van der Waals surface area contributed by atoms with Crippen LogP contribution in [0.5, 0.6) is 0 Å². The molecule has 0 saturated carbocycles. The molecule has 1 nitrogen and oxygen atoms in total. The molecule has 1 aromatic rings. The molecule has 0 radical (unpaired) electrons. The van der Waals surface area contributed by atoms with E-state index >= 15 is 0 Å². The van der Waals surface area contributed by atoms with Crippen molar-refractivity contribution in [2.75, 3.05) is 18.8 Å². The average Bonchev–Trinajstić information content (AvgIpc) is 2.17. The van der Waals surface area contributed by atoms with E-state index in [1.807, 2.05) is 11.8 Å². The van der Waals surface area contributed by atoms with E-state index in [1.54, 1.807) is 0 Å². The van der Waals surface area contributed by atoms with Gasteiger partial charge in [-0.05, 0) is 31.5 Å². The molecule has 0 aliphatic carbocycles. The minimum Gasteiger partial charge on any atom is -0.316 e. The highest BCUT2D eigenvalue weighted by molar-refractivity contribution is 7.99. The summed E-state index contributed by atoms with van der Waals surface area (Å²) >= 11 is 1.92. The van der Waals surface area contributed by atoms with Gasteiger partial charge in [0.25, 0.3) is 0 Å². The highest BCUT2D eigenvalue weighted by atomic mass is 32.2. The van der Waals surface area contributed by atoms with Gasteiger partial charge in [0.05, 0.1) is 0 Å². The predicted molar refractivity (Wildman–Crippen MR) is 69.6 cm³/mol. The van der Waals surface area contributed by atoms with E-state index in [9.17, 15) is 0 Å². The first-order valence-electron chi connectivity index (χ1n) is 5.58. The summed E-state index contributed by atoms with van der Waals surface area (Å²) in [4.78, 5) is 1.38. The minimum atomic E-state index is 0.744. The van der Waals surface area contributed by atoms with Gasteiger partial charge in [-0.3, -0.25) is 0 Å². The molecule has 0 aromatic heterocycles. The summed E-state index contributed by atoms with van der Waals surface area (Å²) < 4.78 is 0. The molecule has 0 unspecified atom stereocenters.